The van der Waals surface area contributed by atoms with Crippen molar-refractivity contribution in [2.75, 3.05) is 19.6 Å². The predicted octanol–water partition coefficient (Wildman–Crippen LogP) is 5.88. The van der Waals surface area contributed by atoms with Crippen LogP contribution in [0.2, 0.25) is 0 Å². The molecule has 214 valence electrons. The molecule has 1 fully saturated rings. The standard InChI is InChI=1S/C29H34F3N5O2S/c1-18-17-40-27(36-18)24-6-4-9-37(24)28(39)22-12-20(25(30)31)11-21(13-22)26(38)35-8-5-7-33-14-19-10-23(16-34-15-19)29(2,3)32/h10-13,15-17,24-25,33H,4-9,14H2,1-3H3,(H,35,38). The van der Waals surface area contributed by atoms with E-state index < -0.39 is 18.0 Å². The van der Waals surface area contributed by atoms with Gasteiger partial charge in [0.05, 0.1) is 6.04 Å². The van der Waals surface area contributed by atoms with Gasteiger partial charge in [-0.3, -0.25) is 14.6 Å². The monoisotopic (exact) mass is 573 g/mol. The molecule has 0 spiro atoms. The number of pyridine rings is 1. The molecular weight excluding hydrogens is 539 g/mol. The average molecular weight is 574 g/mol. The lowest BCUT2D eigenvalue weighted by molar-refractivity contribution is 0.0735. The van der Waals surface area contributed by atoms with Crippen molar-refractivity contribution in [2.45, 2.75) is 64.7 Å². The van der Waals surface area contributed by atoms with Crippen LogP contribution in [0.15, 0.2) is 42.0 Å². The minimum absolute atomic E-state index is 0.0201. The first-order chi connectivity index (χ1) is 19.0. The van der Waals surface area contributed by atoms with Crippen molar-refractivity contribution in [1.29, 1.82) is 0 Å². The van der Waals surface area contributed by atoms with Gasteiger partial charge in [-0.05, 0) is 76.4 Å². The summed E-state index contributed by atoms with van der Waals surface area (Å²) < 4.78 is 41.5. The fourth-order valence-corrected chi connectivity index (χ4v) is 5.59. The normalized spacial score (nSPS) is 15.6. The molecule has 7 nitrogen and oxygen atoms in total. The summed E-state index contributed by atoms with van der Waals surface area (Å²) in [7, 11) is 0. The van der Waals surface area contributed by atoms with Gasteiger partial charge in [-0.2, -0.15) is 0 Å². The third kappa shape index (κ3) is 7.45. The van der Waals surface area contributed by atoms with Crippen molar-refractivity contribution in [1.82, 2.24) is 25.5 Å². The lowest BCUT2D eigenvalue weighted by atomic mass is 10.0. The van der Waals surface area contributed by atoms with E-state index in [1.165, 1.54) is 43.5 Å². The third-order valence-corrected chi connectivity index (χ3v) is 7.84. The molecule has 11 heteroatoms. The minimum atomic E-state index is -2.82. The Kier molecular flexibility index (Phi) is 9.57. The Bertz CT molecular complexity index is 1340. The second-order valence-corrected chi connectivity index (χ2v) is 11.4. The fourth-order valence-electron chi connectivity index (χ4n) is 4.65. The summed E-state index contributed by atoms with van der Waals surface area (Å²) in [5.74, 6) is -0.905. The zero-order chi connectivity index (χ0) is 28.9. The maximum absolute atomic E-state index is 14.1. The van der Waals surface area contributed by atoms with Crippen LogP contribution in [0, 0.1) is 6.92 Å². The Labute approximate surface area is 236 Å². The van der Waals surface area contributed by atoms with Crippen molar-refractivity contribution < 1.29 is 22.8 Å². The van der Waals surface area contributed by atoms with E-state index in [9.17, 15) is 22.8 Å². The van der Waals surface area contributed by atoms with Gasteiger partial charge >= 0.3 is 0 Å². The van der Waals surface area contributed by atoms with E-state index in [4.69, 9.17) is 0 Å². The maximum Gasteiger partial charge on any atom is 0.263 e. The molecule has 2 amide bonds. The fraction of sp³-hybridized carbons (Fsp3) is 0.448. The van der Waals surface area contributed by atoms with Crippen molar-refractivity contribution in [3.63, 3.8) is 0 Å². The lowest BCUT2D eigenvalue weighted by Crippen LogP contribution is -2.31. The van der Waals surface area contributed by atoms with Gasteiger partial charge in [0.2, 0.25) is 0 Å². The van der Waals surface area contributed by atoms with Gasteiger partial charge in [-0.1, -0.05) is 0 Å². The first kappa shape index (κ1) is 29.7. The van der Waals surface area contributed by atoms with Gasteiger partial charge in [0.25, 0.3) is 18.2 Å². The van der Waals surface area contributed by atoms with Crippen LogP contribution in [0.25, 0.3) is 0 Å². The SMILES string of the molecule is Cc1csc(C2CCCN2C(=O)c2cc(C(=O)NCCCNCc3cncc(C(C)(C)F)c3)cc(C(F)F)c2)n1. The molecule has 1 aromatic carbocycles. The Morgan fingerprint density at radius 3 is 2.62 bits per heavy atom. The number of aryl methyl sites for hydroxylation is 1. The van der Waals surface area contributed by atoms with Crippen molar-refractivity contribution >= 4 is 23.2 Å². The number of carbonyl (C=O) groups excluding carboxylic acids is 2. The van der Waals surface area contributed by atoms with E-state index in [1.54, 1.807) is 17.2 Å². The zero-order valence-corrected chi connectivity index (χ0v) is 23.7. The van der Waals surface area contributed by atoms with Crippen LogP contribution in [0.3, 0.4) is 0 Å². The maximum atomic E-state index is 14.1. The van der Waals surface area contributed by atoms with Gasteiger partial charge < -0.3 is 15.5 Å². The summed E-state index contributed by atoms with van der Waals surface area (Å²) in [4.78, 5) is 36.5. The number of benzene rings is 1. The molecule has 2 aromatic heterocycles. The number of hydrogen-bond acceptors (Lipinski definition) is 6. The smallest absolute Gasteiger partial charge is 0.263 e. The van der Waals surface area contributed by atoms with E-state index in [0.29, 0.717) is 38.2 Å². The molecule has 4 rings (SSSR count). The van der Waals surface area contributed by atoms with Crippen molar-refractivity contribution in [2.24, 2.45) is 0 Å². The van der Waals surface area contributed by atoms with Crippen LogP contribution < -0.4 is 10.6 Å². The van der Waals surface area contributed by atoms with Crippen LogP contribution >= 0.6 is 11.3 Å². The number of amides is 2. The largest absolute Gasteiger partial charge is 0.352 e. The summed E-state index contributed by atoms with van der Waals surface area (Å²) in [6.07, 6.45) is 2.48. The lowest BCUT2D eigenvalue weighted by Gasteiger charge is -2.23. The quantitative estimate of drug-likeness (QED) is 0.280. The van der Waals surface area contributed by atoms with E-state index in [2.05, 4.69) is 20.6 Å². The predicted molar refractivity (Wildman–Crippen MR) is 148 cm³/mol. The highest BCUT2D eigenvalue weighted by Crippen LogP contribution is 2.35. The van der Waals surface area contributed by atoms with Crippen LogP contribution in [-0.2, 0) is 12.2 Å². The second-order valence-electron chi connectivity index (χ2n) is 10.5. The number of nitrogens with zero attached hydrogens (tertiary/aromatic N) is 3. The van der Waals surface area contributed by atoms with Crippen LogP contribution in [0.1, 0.15) is 93.7 Å². The molecule has 2 N–H and O–H groups in total. The van der Waals surface area contributed by atoms with Crippen LogP contribution in [0.4, 0.5) is 13.2 Å². The Hall–Kier alpha value is -3.31. The summed E-state index contributed by atoms with van der Waals surface area (Å²) in [5, 5.41) is 8.72. The highest BCUT2D eigenvalue weighted by molar-refractivity contribution is 7.09. The molecule has 3 aromatic rings. The third-order valence-electron chi connectivity index (χ3n) is 6.78. The van der Waals surface area contributed by atoms with Gasteiger partial charge in [-0.25, -0.2) is 18.2 Å². The van der Waals surface area contributed by atoms with E-state index in [-0.39, 0.29) is 28.6 Å². The highest BCUT2D eigenvalue weighted by atomic mass is 32.1. The molecular formula is C29H34F3N5O2S. The number of nitrogens with one attached hydrogen (secondary N) is 2. The zero-order valence-electron chi connectivity index (χ0n) is 22.8. The van der Waals surface area contributed by atoms with Gasteiger partial charge in [0.15, 0.2) is 0 Å². The van der Waals surface area contributed by atoms with Gasteiger partial charge in [-0.15, -0.1) is 11.3 Å². The molecule has 0 bridgehead atoms. The number of rotatable bonds is 11. The molecule has 0 aliphatic carbocycles. The van der Waals surface area contributed by atoms with Crippen molar-refractivity contribution in [3.05, 3.63) is 80.6 Å². The van der Waals surface area contributed by atoms with Crippen molar-refractivity contribution in [3.8, 4) is 0 Å². The molecule has 1 atom stereocenters. The topological polar surface area (TPSA) is 87.2 Å². The first-order valence-corrected chi connectivity index (χ1v) is 14.2. The highest BCUT2D eigenvalue weighted by Gasteiger charge is 2.33. The number of thiazole rings is 1. The summed E-state index contributed by atoms with van der Waals surface area (Å²) in [5.41, 5.74) is 0.463. The molecule has 1 saturated heterocycles. The molecule has 1 aliphatic heterocycles. The Morgan fingerprint density at radius 1 is 1.15 bits per heavy atom. The van der Waals surface area contributed by atoms with E-state index >= 15 is 0 Å². The minimum Gasteiger partial charge on any atom is -0.352 e. The van der Waals surface area contributed by atoms with Gasteiger partial charge in [0, 0.05) is 65.4 Å². The molecule has 1 aliphatic rings. The number of alkyl halides is 3. The summed E-state index contributed by atoms with van der Waals surface area (Å²) >= 11 is 1.48. The van der Waals surface area contributed by atoms with Crippen LogP contribution in [-0.4, -0.2) is 46.3 Å². The summed E-state index contributed by atoms with van der Waals surface area (Å²) in [6, 6.07) is 5.25. The number of hydrogen-bond donors (Lipinski definition) is 2. The molecule has 0 saturated carbocycles. The molecule has 3 heterocycles. The molecule has 1 unspecified atom stereocenters. The Morgan fingerprint density at radius 2 is 1.93 bits per heavy atom. The van der Waals surface area contributed by atoms with E-state index in [1.807, 2.05) is 12.3 Å². The first-order valence-electron chi connectivity index (χ1n) is 13.3. The molecule has 0 radical (unpaired) electrons. The number of aromatic nitrogens is 2. The number of likely N-dealkylation sites (tertiary alicyclic amines) is 1. The molecule has 40 heavy (non-hydrogen) atoms. The number of carbonyl (C=O) groups is 2. The number of halogens is 3. The average Bonchev–Trinajstić information content (AvgIpc) is 3.58. The summed E-state index contributed by atoms with van der Waals surface area (Å²) in [6.45, 7) is 6.71. The Balaban J connectivity index is 1.34. The second kappa shape index (κ2) is 12.9. The van der Waals surface area contributed by atoms with E-state index in [0.717, 1.165) is 35.2 Å². The van der Waals surface area contributed by atoms with Crippen LogP contribution in [0.5, 0.6) is 0 Å². The van der Waals surface area contributed by atoms with Gasteiger partial charge in [0.1, 0.15) is 10.7 Å².